The number of nitrogens with one attached hydrogen (secondary N) is 1. The van der Waals surface area contributed by atoms with Gasteiger partial charge in [0, 0.05) is 29.8 Å². The summed E-state index contributed by atoms with van der Waals surface area (Å²) in [6.45, 7) is 2.01. The van der Waals surface area contributed by atoms with Crippen molar-refractivity contribution in [1.29, 1.82) is 0 Å². The smallest absolute Gasteiger partial charge is 0.292 e. The molecule has 1 N–H and O–H groups in total. The van der Waals surface area contributed by atoms with Crippen molar-refractivity contribution >= 4 is 28.2 Å². The number of benzene rings is 1. The van der Waals surface area contributed by atoms with Crippen LogP contribution in [-0.2, 0) is 0 Å². The third-order valence-corrected chi connectivity index (χ3v) is 4.58. The fourth-order valence-corrected chi connectivity index (χ4v) is 3.17. The number of aryl methyl sites for hydroxylation is 1. The molecule has 118 valence electrons. The summed E-state index contributed by atoms with van der Waals surface area (Å²) < 4.78 is 1.90. The molecule has 3 aromatic heterocycles. The van der Waals surface area contributed by atoms with E-state index in [9.17, 15) is 4.79 Å². The van der Waals surface area contributed by atoms with Gasteiger partial charge >= 0.3 is 0 Å². The first-order valence-electron chi connectivity index (χ1n) is 7.35. The van der Waals surface area contributed by atoms with Crippen LogP contribution in [0, 0.1) is 6.92 Å². The average Bonchev–Trinajstić information content (AvgIpc) is 3.15. The van der Waals surface area contributed by atoms with Crippen molar-refractivity contribution in [1.82, 2.24) is 19.6 Å². The van der Waals surface area contributed by atoms with E-state index in [0.717, 1.165) is 16.8 Å². The minimum Gasteiger partial charge on any atom is -0.360 e. The summed E-state index contributed by atoms with van der Waals surface area (Å²) in [5.41, 5.74) is 2.74. The maximum absolute atomic E-state index is 12.5. The Morgan fingerprint density at radius 1 is 1.17 bits per heavy atom. The second-order valence-corrected chi connectivity index (χ2v) is 6.25. The lowest BCUT2D eigenvalue weighted by Gasteiger charge is -2.02. The first-order valence-corrected chi connectivity index (χ1v) is 8.16. The van der Waals surface area contributed by atoms with Gasteiger partial charge in [-0.15, -0.1) is 5.10 Å². The van der Waals surface area contributed by atoms with E-state index in [0.29, 0.717) is 15.3 Å². The maximum Gasteiger partial charge on any atom is 0.292 e. The summed E-state index contributed by atoms with van der Waals surface area (Å²) in [6.07, 6.45) is 5.06. The van der Waals surface area contributed by atoms with Crippen LogP contribution in [0.1, 0.15) is 5.56 Å². The van der Waals surface area contributed by atoms with Gasteiger partial charge in [-0.05, 0) is 30.7 Å². The number of aromatic nitrogens is 4. The van der Waals surface area contributed by atoms with Crippen LogP contribution in [-0.4, -0.2) is 19.6 Å². The Labute approximate surface area is 141 Å². The van der Waals surface area contributed by atoms with E-state index in [1.165, 1.54) is 15.9 Å². The molecule has 0 atom stereocenters. The van der Waals surface area contributed by atoms with Gasteiger partial charge in [0.2, 0.25) is 4.96 Å². The van der Waals surface area contributed by atoms with Crippen LogP contribution in [0.5, 0.6) is 0 Å². The maximum atomic E-state index is 12.5. The SMILES string of the molecule is Cc1ccccc1N/C=c1\sc2nc(-c3ccncc3)nn2c1=O. The predicted octanol–water partition coefficient (Wildman–Crippen LogP) is 2.09. The van der Waals surface area contributed by atoms with Gasteiger partial charge in [-0.25, -0.2) is 0 Å². The number of fused-ring (bicyclic) bond motifs is 1. The minimum atomic E-state index is -0.177. The molecular formula is C17H13N5OS. The minimum absolute atomic E-state index is 0.177. The highest BCUT2D eigenvalue weighted by molar-refractivity contribution is 7.15. The molecule has 0 aliphatic heterocycles. The summed E-state index contributed by atoms with van der Waals surface area (Å²) >= 11 is 1.31. The van der Waals surface area contributed by atoms with Crippen LogP contribution >= 0.6 is 11.3 Å². The topological polar surface area (TPSA) is 72.2 Å². The highest BCUT2D eigenvalue weighted by atomic mass is 32.1. The van der Waals surface area contributed by atoms with Crippen LogP contribution in [0.2, 0.25) is 0 Å². The third kappa shape index (κ3) is 2.55. The normalized spacial score (nSPS) is 12.0. The molecule has 7 heteroatoms. The Hall–Kier alpha value is -3.06. The van der Waals surface area contributed by atoms with Crippen molar-refractivity contribution in [2.75, 3.05) is 5.32 Å². The molecule has 0 amide bonds. The molecule has 3 heterocycles. The van der Waals surface area contributed by atoms with Crippen molar-refractivity contribution in [2.24, 2.45) is 0 Å². The molecule has 6 nitrogen and oxygen atoms in total. The van der Waals surface area contributed by atoms with Gasteiger partial charge in [-0.3, -0.25) is 9.78 Å². The van der Waals surface area contributed by atoms with E-state index in [1.807, 2.05) is 43.3 Å². The first-order chi connectivity index (χ1) is 11.7. The van der Waals surface area contributed by atoms with E-state index in [2.05, 4.69) is 20.4 Å². The van der Waals surface area contributed by atoms with Gasteiger partial charge in [0.25, 0.3) is 5.56 Å². The number of hydrogen-bond donors (Lipinski definition) is 1. The van der Waals surface area contributed by atoms with Crippen LogP contribution in [0.4, 0.5) is 5.69 Å². The highest BCUT2D eigenvalue weighted by Gasteiger charge is 2.11. The van der Waals surface area contributed by atoms with Crippen LogP contribution in [0.15, 0.2) is 53.6 Å². The zero-order valence-electron chi connectivity index (χ0n) is 12.8. The Morgan fingerprint density at radius 3 is 2.71 bits per heavy atom. The number of thiazole rings is 1. The van der Waals surface area contributed by atoms with Crippen molar-refractivity contribution in [2.45, 2.75) is 6.92 Å². The fraction of sp³-hybridized carbons (Fsp3) is 0.0588. The van der Waals surface area contributed by atoms with Crippen molar-refractivity contribution in [3.05, 3.63) is 69.2 Å². The molecular weight excluding hydrogens is 322 g/mol. The van der Waals surface area contributed by atoms with Gasteiger partial charge in [0.15, 0.2) is 5.82 Å². The number of anilines is 1. The summed E-state index contributed by atoms with van der Waals surface area (Å²) in [7, 11) is 0. The van der Waals surface area contributed by atoms with Crippen LogP contribution in [0.25, 0.3) is 22.5 Å². The largest absolute Gasteiger partial charge is 0.360 e. The monoisotopic (exact) mass is 335 g/mol. The van der Waals surface area contributed by atoms with Gasteiger partial charge in [-0.1, -0.05) is 29.5 Å². The number of rotatable bonds is 3. The summed E-state index contributed by atoms with van der Waals surface area (Å²) in [4.78, 5) is 21.4. The van der Waals surface area contributed by atoms with E-state index < -0.39 is 0 Å². The average molecular weight is 335 g/mol. The van der Waals surface area contributed by atoms with Gasteiger partial charge in [-0.2, -0.15) is 9.50 Å². The lowest BCUT2D eigenvalue weighted by Crippen LogP contribution is -2.24. The number of hydrogen-bond acceptors (Lipinski definition) is 6. The molecule has 0 saturated carbocycles. The van der Waals surface area contributed by atoms with Crippen LogP contribution < -0.4 is 15.4 Å². The molecule has 0 fully saturated rings. The Kier molecular flexibility index (Phi) is 3.55. The fourth-order valence-electron chi connectivity index (χ4n) is 2.34. The molecule has 4 aromatic rings. The molecule has 0 unspecified atom stereocenters. The van der Waals surface area contributed by atoms with E-state index >= 15 is 0 Å². The van der Waals surface area contributed by atoms with E-state index in [4.69, 9.17) is 0 Å². The molecule has 1 aromatic carbocycles. The predicted molar refractivity (Wildman–Crippen MR) is 94.8 cm³/mol. The third-order valence-electron chi connectivity index (χ3n) is 3.62. The first kappa shape index (κ1) is 14.5. The summed E-state index contributed by atoms with van der Waals surface area (Å²) in [5.74, 6) is 0.527. The number of nitrogens with zero attached hydrogens (tertiary/aromatic N) is 4. The number of pyridine rings is 1. The molecule has 0 radical (unpaired) electrons. The van der Waals surface area contributed by atoms with Crippen molar-refractivity contribution in [3.63, 3.8) is 0 Å². The molecule has 0 saturated heterocycles. The second-order valence-electron chi connectivity index (χ2n) is 5.24. The van der Waals surface area contributed by atoms with Gasteiger partial charge in [0.1, 0.15) is 4.53 Å². The summed E-state index contributed by atoms with van der Waals surface area (Å²) in [6, 6.07) is 11.5. The zero-order chi connectivity index (χ0) is 16.5. The Balaban J connectivity index is 1.72. The lowest BCUT2D eigenvalue weighted by molar-refractivity contribution is 0.936. The molecule has 0 aliphatic rings. The van der Waals surface area contributed by atoms with Crippen LogP contribution in [0.3, 0.4) is 0 Å². The number of para-hydroxylation sites is 1. The van der Waals surface area contributed by atoms with Gasteiger partial charge < -0.3 is 5.32 Å². The zero-order valence-corrected chi connectivity index (χ0v) is 13.6. The standard InChI is InChI=1S/C17H13N5OS/c1-11-4-2-3-5-13(11)19-10-14-16(23)22-17(24-14)20-15(21-22)12-6-8-18-9-7-12/h2-10,19H,1H3/b14-10-. The highest BCUT2D eigenvalue weighted by Crippen LogP contribution is 2.15. The lowest BCUT2D eigenvalue weighted by atomic mass is 10.2. The van der Waals surface area contributed by atoms with Gasteiger partial charge in [0.05, 0.1) is 0 Å². The molecule has 0 spiro atoms. The van der Waals surface area contributed by atoms with E-state index in [-0.39, 0.29) is 5.56 Å². The Morgan fingerprint density at radius 2 is 1.96 bits per heavy atom. The Bertz CT molecular complexity index is 1120. The molecule has 24 heavy (non-hydrogen) atoms. The molecule has 0 aliphatic carbocycles. The molecule has 4 rings (SSSR count). The molecule has 0 bridgehead atoms. The van der Waals surface area contributed by atoms with Crippen molar-refractivity contribution < 1.29 is 0 Å². The summed E-state index contributed by atoms with van der Waals surface area (Å²) in [5, 5.41) is 7.48. The van der Waals surface area contributed by atoms with E-state index in [1.54, 1.807) is 18.6 Å². The quantitative estimate of drug-likeness (QED) is 0.621. The van der Waals surface area contributed by atoms with Crippen molar-refractivity contribution in [3.8, 4) is 11.4 Å². The second kappa shape index (κ2) is 5.86.